The van der Waals surface area contributed by atoms with Gasteiger partial charge in [-0.1, -0.05) is 64.4 Å². The summed E-state index contributed by atoms with van der Waals surface area (Å²) < 4.78 is 5.82. The first kappa shape index (κ1) is 18.0. The van der Waals surface area contributed by atoms with Crippen molar-refractivity contribution in [3.8, 4) is 0 Å². The van der Waals surface area contributed by atoms with E-state index < -0.39 is 0 Å². The lowest BCUT2D eigenvalue weighted by molar-refractivity contribution is -0.112. The lowest BCUT2D eigenvalue weighted by Gasteiger charge is -2.22. The molecule has 1 atom stereocenters. The highest BCUT2D eigenvalue weighted by atomic mass is 16.5. The summed E-state index contributed by atoms with van der Waals surface area (Å²) >= 11 is 0. The van der Waals surface area contributed by atoms with Crippen LogP contribution in [0.3, 0.4) is 0 Å². The van der Waals surface area contributed by atoms with E-state index in [0.717, 1.165) is 18.6 Å². The summed E-state index contributed by atoms with van der Waals surface area (Å²) in [7, 11) is 0. The maximum atomic E-state index is 11.1. The van der Waals surface area contributed by atoms with Gasteiger partial charge >= 0.3 is 0 Å². The Morgan fingerprint density at radius 2 is 1.76 bits per heavy atom. The molecule has 0 radical (unpaired) electrons. The number of carbonyl (C=O) groups excluding carboxylic acids is 1. The molecule has 0 N–H and O–H groups in total. The van der Waals surface area contributed by atoms with Gasteiger partial charge in [0.1, 0.15) is 11.9 Å². The molecule has 1 rings (SSSR count). The van der Waals surface area contributed by atoms with Gasteiger partial charge in [-0.2, -0.15) is 0 Å². The number of unbranched alkanes of at least 4 members (excludes halogenated alkanes) is 8. The normalized spacial score (nSPS) is 19.7. The topological polar surface area (TPSA) is 26.3 Å². The van der Waals surface area contributed by atoms with Crippen molar-refractivity contribution in [3.05, 3.63) is 24.0 Å². The average molecular weight is 292 g/mol. The van der Waals surface area contributed by atoms with E-state index in [2.05, 4.69) is 13.0 Å². The number of hydrogen-bond acceptors (Lipinski definition) is 2. The second-order valence-electron chi connectivity index (χ2n) is 6.15. The third-order valence-electron chi connectivity index (χ3n) is 3.96. The minimum atomic E-state index is 0.0540. The van der Waals surface area contributed by atoms with Gasteiger partial charge in [-0.25, -0.2) is 0 Å². The van der Waals surface area contributed by atoms with Crippen LogP contribution in [0.4, 0.5) is 0 Å². The van der Waals surface area contributed by atoms with E-state index in [1.165, 1.54) is 57.8 Å². The molecule has 0 fully saturated rings. The first-order valence-electron chi connectivity index (χ1n) is 8.78. The van der Waals surface area contributed by atoms with Crippen molar-refractivity contribution in [2.24, 2.45) is 0 Å². The molecule has 2 nitrogen and oxygen atoms in total. The van der Waals surface area contributed by atoms with Crippen molar-refractivity contribution < 1.29 is 9.53 Å². The van der Waals surface area contributed by atoms with Crippen molar-refractivity contribution in [3.63, 3.8) is 0 Å². The van der Waals surface area contributed by atoms with E-state index in [1.54, 1.807) is 13.0 Å². The molecule has 0 spiro atoms. The van der Waals surface area contributed by atoms with Gasteiger partial charge in [0, 0.05) is 12.5 Å². The van der Waals surface area contributed by atoms with Gasteiger partial charge in [0.05, 0.1) is 0 Å². The summed E-state index contributed by atoms with van der Waals surface area (Å²) in [6.45, 7) is 3.83. The number of rotatable bonds is 11. The van der Waals surface area contributed by atoms with E-state index >= 15 is 0 Å². The zero-order chi connectivity index (χ0) is 15.3. The largest absolute Gasteiger partial charge is 0.490 e. The Bertz CT molecular complexity index is 341. The van der Waals surface area contributed by atoms with Crippen molar-refractivity contribution in [1.82, 2.24) is 0 Å². The molecular weight excluding hydrogens is 260 g/mol. The second-order valence-corrected chi connectivity index (χ2v) is 6.15. The van der Waals surface area contributed by atoms with Crippen molar-refractivity contribution >= 4 is 5.78 Å². The molecule has 0 saturated heterocycles. The second kappa shape index (κ2) is 11.6. The van der Waals surface area contributed by atoms with Crippen LogP contribution in [-0.4, -0.2) is 11.9 Å². The Morgan fingerprint density at radius 1 is 1.14 bits per heavy atom. The van der Waals surface area contributed by atoms with E-state index in [4.69, 9.17) is 4.74 Å². The molecule has 0 amide bonds. The van der Waals surface area contributed by atoms with Crippen LogP contribution in [0.25, 0.3) is 0 Å². The molecule has 1 unspecified atom stereocenters. The van der Waals surface area contributed by atoms with Crippen LogP contribution in [0.1, 0.15) is 84.5 Å². The van der Waals surface area contributed by atoms with Gasteiger partial charge in [0.15, 0.2) is 5.78 Å². The minimum Gasteiger partial charge on any atom is -0.490 e. The molecular formula is C19H32O2. The Balaban J connectivity index is 2.01. The fraction of sp³-hybridized carbons (Fsp3) is 0.737. The predicted molar refractivity (Wildman–Crippen MR) is 89.2 cm³/mol. The van der Waals surface area contributed by atoms with Crippen LogP contribution in [-0.2, 0) is 9.53 Å². The molecule has 1 aliphatic heterocycles. The first-order valence-corrected chi connectivity index (χ1v) is 8.78. The van der Waals surface area contributed by atoms with Crippen molar-refractivity contribution in [2.45, 2.75) is 90.6 Å². The molecule has 0 saturated carbocycles. The van der Waals surface area contributed by atoms with Gasteiger partial charge in [-0.05, 0) is 25.8 Å². The van der Waals surface area contributed by atoms with Crippen LogP contribution in [0.5, 0.6) is 0 Å². The summed E-state index contributed by atoms with van der Waals surface area (Å²) in [6, 6.07) is 0. The van der Waals surface area contributed by atoms with E-state index in [0.29, 0.717) is 0 Å². The zero-order valence-corrected chi connectivity index (χ0v) is 13.9. The molecule has 0 aromatic heterocycles. The highest BCUT2D eigenvalue weighted by molar-refractivity contribution is 5.88. The van der Waals surface area contributed by atoms with Gasteiger partial charge in [0.2, 0.25) is 0 Å². The van der Waals surface area contributed by atoms with E-state index in [1.807, 2.05) is 6.08 Å². The molecule has 0 aliphatic carbocycles. The van der Waals surface area contributed by atoms with E-state index in [9.17, 15) is 4.79 Å². The Kier molecular flexibility index (Phi) is 9.94. The standard InChI is InChI=1S/C19H32O2/c1-3-4-5-6-7-8-9-10-11-13-18-14-12-15-19(21-18)16-17(2)20/h12,15-16,18H,3-11,13-14H2,1-2H3/b19-16+. The third kappa shape index (κ3) is 9.49. The monoisotopic (exact) mass is 292 g/mol. The highest BCUT2D eigenvalue weighted by Gasteiger charge is 2.13. The maximum absolute atomic E-state index is 11.1. The molecule has 2 heteroatoms. The lowest BCUT2D eigenvalue weighted by Crippen LogP contribution is -2.15. The molecule has 120 valence electrons. The fourth-order valence-electron chi connectivity index (χ4n) is 2.76. The summed E-state index contributed by atoms with van der Waals surface area (Å²) in [5.41, 5.74) is 0. The fourth-order valence-corrected chi connectivity index (χ4v) is 2.76. The van der Waals surface area contributed by atoms with E-state index in [-0.39, 0.29) is 11.9 Å². The summed E-state index contributed by atoms with van der Waals surface area (Å²) in [4.78, 5) is 11.1. The van der Waals surface area contributed by atoms with Crippen molar-refractivity contribution in [2.75, 3.05) is 0 Å². The molecule has 0 bridgehead atoms. The quantitative estimate of drug-likeness (QED) is 0.359. The number of ketones is 1. The number of allylic oxidation sites excluding steroid dienone is 2. The maximum Gasteiger partial charge on any atom is 0.156 e. The van der Waals surface area contributed by atoms with Crippen molar-refractivity contribution in [1.29, 1.82) is 0 Å². The van der Waals surface area contributed by atoms with Crippen LogP contribution in [0.2, 0.25) is 0 Å². The summed E-state index contributed by atoms with van der Waals surface area (Å²) in [5.74, 6) is 0.785. The Labute approximate surface area is 130 Å². The smallest absolute Gasteiger partial charge is 0.156 e. The number of carbonyl (C=O) groups is 1. The van der Waals surface area contributed by atoms with Gasteiger partial charge in [-0.3, -0.25) is 4.79 Å². The molecule has 0 aromatic rings. The third-order valence-corrected chi connectivity index (χ3v) is 3.96. The highest BCUT2D eigenvalue weighted by Crippen LogP contribution is 2.20. The zero-order valence-electron chi connectivity index (χ0n) is 13.9. The average Bonchev–Trinajstić information content (AvgIpc) is 2.45. The summed E-state index contributed by atoms with van der Waals surface area (Å²) in [5, 5.41) is 0. The molecule has 0 aromatic carbocycles. The SMILES string of the molecule is CCCCCCCCCCCC1CC=C/C(=C\C(C)=O)O1. The van der Waals surface area contributed by atoms with Crippen LogP contribution in [0.15, 0.2) is 24.0 Å². The van der Waals surface area contributed by atoms with Crippen LogP contribution in [0, 0.1) is 0 Å². The first-order chi connectivity index (χ1) is 10.2. The predicted octanol–water partition coefficient (Wildman–Crippen LogP) is 5.73. The number of ether oxygens (including phenoxy) is 1. The minimum absolute atomic E-state index is 0.0540. The van der Waals surface area contributed by atoms with Gasteiger partial charge in [0.25, 0.3) is 0 Å². The number of hydrogen-bond donors (Lipinski definition) is 0. The Morgan fingerprint density at radius 3 is 2.38 bits per heavy atom. The molecule has 21 heavy (non-hydrogen) atoms. The Hall–Kier alpha value is -1.05. The lowest BCUT2D eigenvalue weighted by atomic mass is 10.0. The van der Waals surface area contributed by atoms with Gasteiger partial charge < -0.3 is 4.74 Å². The summed E-state index contributed by atoms with van der Waals surface area (Å²) in [6.07, 6.45) is 20.2. The molecule has 1 heterocycles. The van der Waals surface area contributed by atoms with Crippen LogP contribution >= 0.6 is 0 Å². The molecule has 1 aliphatic rings. The van der Waals surface area contributed by atoms with Gasteiger partial charge in [-0.15, -0.1) is 0 Å². The van der Waals surface area contributed by atoms with Crippen LogP contribution < -0.4 is 0 Å².